The highest BCUT2D eigenvalue weighted by atomic mass is 32.2. The van der Waals surface area contributed by atoms with Crippen molar-refractivity contribution in [2.75, 3.05) is 0 Å². The van der Waals surface area contributed by atoms with Crippen LogP contribution in [-0.4, -0.2) is 41.9 Å². The average Bonchev–Trinajstić information content (AvgIpc) is 2.89. The molecule has 1 amide bonds. The Morgan fingerprint density at radius 2 is 1.79 bits per heavy atom. The maximum absolute atomic E-state index is 12.3. The molecule has 0 fully saturated rings. The van der Waals surface area contributed by atoms with E-state index in [-0.39, 0.29) is 5.56 Å². The second-order valence-corrected chi connectivity index (χ2v) is 6.25. The number of amides is 1. The zero-order valence-corrected chi connectivity index (χ0v) is 12.5. The van der Waals surface area contributed by atoms with Crippen molar-refractivity contribution in [3.8, 4) is 0 Å². The van der Waals surface area contributed by atoms with Gasteiger partial charge in [0.15, 0.2) is 0 Å². The number of hydrogen-bond donors (Lipinski definition) is 1. The van der Waals surface area contributed by atoms with Gasteiger partial charge in [0, 0.05) is 18.2 Å². The molecule has 1 aliphatic rings. The number of rotatable bonds is 4. The molecule has 0 aliphatic carbocycles. The van der Waals surface area contributed by atoms with Crippen molar-refractivity contribution in [2.24, 2.45) is 0 Å². The largest absolute Gasteiger partial charge is 0.534 e. The second kappa shape index (κ2) is 6.15. The molecule has 0 spiro atoms. The lowest BCUT2D eigenvalue weighted by Crippen LogP contribution is -2.38. The molecule has 7 nitrogen and oxygen atoms in total. The number of carboxylic acid groups (broad SMARTS) is 1. The molecule has 0 bridgehead atoms. The van der Waals surface area contributed by atoms with Gasteiger partial charge >= 0.3 is 21.6 Å². The fraction of sp³-hybridized carbons (Fsp3) is 0.231. The molecule has 1 aromatic rings. The van der Waals surface area contributed by atoms with Crippen LogP contribution in [-0.2, 0) is 19.1 Å². The van der Waals surface area contributed by atoms with E-state index in [0.29, 0.717) is 11.1 Å². The average molecular weight is 365 g/mol. The van der Waals surface area contributed by atoms with E-state index >= 15 is 0 Å². The smallest absolute Gasteiger partial charge is 0.480 e. The molecule has 0 unspecified atom stereocenters. The molecule has 130 valence electrons. The molecule has 0 saturated heterocycles. The van der Waals surface area contributed by atoms with E-state index in [4.69, 9.17) is 5.11 Å². The summed E-state index contributed by atoms with van der Waals surface area (Å²) in [5.74, 6) is -3.12. The minimum Gasteiger partial charge on any atom is -0.480 e. The topological polar surface area (TPSA) is 101 Å². The monoisotopic (exact) mass is 365 g/mol. The summed E-state index contributed by atoms with van der Waals surface area (Å²) >= 11 is 0. The number of carboxylic acids is 1. The van der Waals surface area contributed by atoms with Gasteiger partial charge in [-0.3, -0.25) is 9.69 Å². The molecule has 1 aromatic carbocycles. The number of alkyl halides is 3. The number of nitrogens with zero attached hydrogens (tertiary/aromatic N) is 1. The Morgan fingerprint density at radius 1 is 1.21 bits per heavy atom. The lowest BCUT2D eigenvalue weighted by atomic mass is 10.1. The fourth-order valence-electron chi connectivity index (χ4n) is 1.97. The normalized spacial score (nSPS) is 18.2. The third-order valence-electron chi connectivity index (χ3n) is 3.05. The Kier molecular flexibility index (Phi) is 4.56. The highest BCUT2D eigenvalue weighted by Gasteiger charge is 2.50. The third kappa shape index (κ3) is 3.50. The highest BCUT2D eigenvalue weighted by Crippen LogP contribution is 2.31. The first-order chi connectivity index (χ1) is 11.0. The van der Waals surface area contributed by atoms with Crippen LogP contribution in [0.1, 0.15) is 16.8 Å². The van der Waals surface area contributed by atoms with E-state index in [2.05, 4.69) is 4.18 Å². The highest BCUT2D eigenvalue weighted by molar-refractivity contribution is 7.87. The van der Waals surface area contributed by atoms with Crippen LogP contribution in [0.25, 0.3) is 0 Å². The van der Waals surface area contributed by atoms with Gasteiger partial charge in [-0.05, 0) is 12.1 Å². The van der Waals surface area contributed by atoms with E-state index < -0.39 is 45.7 Å². The lowest BCUT2D eigenvalue weighted by molar-refractivity contribution is -0.141. The van der Waals surface area contributed by atoms with Crippen LogP contribution in [0, 0.1) is 0 Å². The van der Waals surface area contributed by atoms with Crippen molar-refractivity contribution in [3.05, 3.63) is 47.9 Å². The lowest BCUT2D eigenvalue weighted by Gasteiger charge is -2.19. The van der Waals surface area contributed by atoms with Gasteiger partial charge in [-0.2, -0.15) is 21.6 Å². The van der Waals surface area contributed by atoms with Crippen molar-refractivity contribution >= 4 is 22.0 Å². The minimum atomic E-state index is -5.94. The Labute approximate surface area is 134 Å². The molecule has 2 rings (SSSR count). The van der Waals surface area contributed by atoms with E-state index in [1.807, 2.05) is 0 Å². The van der Waals surface area contributed by atoms with E-state index in [1.54, 1.807) is 6.07 Å². The Balaban J connectivity index is 2.31. The Hall–Kier alpha value is -2.56. The summed E-state index contributed by atoms with van der Waals surface area (Å²) in [7, 11) is -5.94. The van der Waals surface area contributed by atoms with Gasteiger partial charge in [0.1, 0.15) is 11.8 Å². The van der Waals surface area contributed by atoms with Crippen molar-refractivity contribution in [1.82, 2.24) is 4.90 Å². The van der Waals surface area contributed by atoms with Crippen LogP contribution in [0.3, 0.4) is 0 Å². The van der Waals surface area contributed by atoms with Crippen LogP contribution in [0.4, 0.5) is 13.2 Å². The predicted octanol–water partition coefficient (Wildman–Crippen LogP) is 1.69. The van der Waals surface area contributed by atoms with Gasteiger partial charge in [0.25, 0.3) is 5.91 Å². The van der Waals surface area contributed by atoms with Crippen LogP contribution in [0.15, 0.2) is 42.3 Å². The Bertz CT molecular complexity index is 788. The summed E-state index contributed by atoms with van der Waals surface area (Å²) in [6, 6.07) is 5.80. The fourth-order valence-corrected chi connectivity index (χ4v) is 2.45. The second-order valence-electron chi connectivity index (χ2n) is 4.72. The predicted molar refractivity (Wildman–Crippen MR) is 72.8 cm³/mol. The molecular formula is C13H10F3NO6S. The van der Waals surface area contributed by atoms with E-state index in [9.17, 15) is 31.2 Å². The maximum Gasteiger partial charge on any atom is 0.534 e. The molecule has 1 N–H and O–H groups in total. The summed E-state index contributed by atoms with van der Waals surface area (Å²) in [4.78, 5) is 24.1. The van der Waals surface area contributed by atoms with Crippen molar-refractivity contribution in [1.29, 1.82) is 0 Å². The third-order valence-corrected chi connectivity index (χ3v) is 4.05. The molecule has 1 aliphatic heterocycles. The van der Waals surface area contributed by atoms with Gasteiger partial charge in [-0.15, -0.1) is 0 Å². The van der Waals surface area contributed by atoms with Crippen molar-refractivity contribution in [2.45, 2.75) is 18.0 Å². The number of hydrogen-bond acceptors (Lipinski definition) is 5. The number of carbonyl (C=O) groups is 2. The molecule has 1 atom stereocenters. The van der Waals surface area contributed by atoms with Crippen LogP contribution >= 0.6 is 0 Å². The van der Waals surface area contributed by atoms with Crippen molar-refractivity contribution < 1.29 is 40.5 Å². The van der Waals surface area contributed by atoms with Gasteiger partial charge < -0.3 is 9.29 Å². The van der Waals surface area contributed by atoms with Gasteiger partial charge in [-0.1, -0.05) is 18.2 Å². The molecule has 1 heterocycles. The molecule has 11 heteroatoms. The van der Waals surface area contributed by atoms with Gasteiger partial charge in [0.2, 0.25) is 0 Å². The molecule has 0 saturated carbocycles. The standard InChI is InChI=1S/C13H10F3NO6S/c14-13(15,16)24(21,22)23-9-6-10(12(19)20)17(7-9)11(18)8-4-2-1-3-5-8/h1-5,7,10H,6H2,(H,19,20)/t10-/m0/s1. The van der Waals surface area contributed by atoms with Gasteiger partial charge in [0.05, 0.1) is 0 Å². The zero-order valence-electron chi connectivity index (χ0n) is 11.7. The Morgan fingerprint density at radius 3 is 2.29 bits per heavy atom. The molecule has 24 heavy (non-hydrogen) atoms. The number of aliphatic carboxylic acids is 1. The van der Waals surface area contributed by atoms with E-state index in [1.165, 1.54) is 24.3 Å². The van der Waals surface area contributed by atoms with Crippen LogP contribution in [0.2, 0.25) is 0 Å². The SMILES string of the molecule is O=C(O)[C@@H]1CC(OS(=O)(=O)C(F)(F)F)=CN1C(=O)c1ccccc1. The molecular weight excluding hydrogens is 355 g/mol. The number of halogens is 3. The summed E-state index contributed by atoms with van der Waals surface area (Å²) in [6.45, 7) is 0. The number of benzene rings is 1. The van der Waals surface area contributed by atoms with E-state index in [0.717, 1.165) is 0 Å². The first-order valence-corrected chi connectivity index (χ1v) is 7.76. The van der Waals surface area contributed by atoms with Gasteiger partial charge in [-0.25, -0.2) is 4.79 Å². The quantitative estimate of drug-likeness (QED) is 0.644. The summed E-state index contributed by atoms with van der Waals surface area (Å²) in [6.07, 6.45) is -0.0549. The van der Waals surface area contributed by atoms with Crippen molar-refractivity contribution in [3.63, 3.8) is 0 Å². The summed E-state index contributed by atoms with van der Waals surface area (Å²) < 4.78 is 62.9. The van der Waals surface area contributed by atoms with Crippen LogP contribution in [0.5, 0.6) is 0 Å². The first-order valence-electron chi connectivity index (χ1n) is 6.35. The first kappa shape index (κ1) is 17.8. The summed E-state index contributed by atoms with van der Waals surface area (Å²) in [5.41, 5.74) is -5.58. The molecule has 0 radical (unpaired) electrons. The van der Waals surface area contributed by atoms with Crippen LogP contribution < -0.4 is 0 Å². The zero-order chi connectivity index (χ0) is 18.1. The minimum absolute atomic E-state index is 0.0833. The maximum atomic E-state index is 12.3. The molecule has 0 aromatic heterocycles. The number of carbonyl (C=O) groups excluding carboxylic acids is 1. The summed E-state index contributed by atoms with van der Waals surface area (Å²) in [5, 5.41) is 9.10.